The first-order chi connectivity index (χ1) is 8.66. The Balaban J connectivity index is 2.02. The van der Waals surface area contributed by atoms with Crippen LogP contribution in [0.1, 0.15) is 22.3 Å². The van der Waals surface area contributed by atoms with E-state index in [9.17, 15) is 4.79 Å². The number of benzene rings is 1. The summed E-state index contributed by atoms with van der Waals surface area (Å²) in [6, 6.07) is 9.87. The number of ketones is 1. The van der Waals surface area contributed by atoms with Crippen molar-refractivity contribution in [3.05, 3.63) is 52.2 Å². The fraction of sp³-hybridized carbons (Fsp3) is 0.267. The summed E-state index contributed by atoms with van der Waals surface area (Å²) < 4.78 is 0. The van der Waals surface area contributed by atoms with Gasteiger partial charge < -0.3 is 4.90 Å². The zero-order valence-electron chi connectivity index (χ0n) is 10.7. The van der Waals surface area contributed by atoms with Gasteiger partial charge in [-0.2, -0.15) is 11.3 Å². The van der Waals surface area contributed by atoms with Gasteiger partial charge in [-0.1, -0.05) is 12.1 Å². The van der Waals surface area contributed by atoms with E-state index in [2.05, 4.69) is 11.4 Å². The van der Waals surface area contributed by atoms with E-state index in [-0.39, 0.29) is 5.78 Å². The highest BCUT2D eigenvalue weighted by molar-refractivity contribution is 7.07. The molecule has 1 heterocycles. The number of rotatable bonds is 5. The number of Topliss-reactive ketones (excluding diaryl/α,β-unsaturated/α-hetero) is 1. The normalized spacial score (nSPS) is 10.3. The van der Waals surface area contributed by atoms with Crippen LogP contribution < -0.4 is 4.90 Å². The Labute approximate surface area is 112 Å². The first-order valence-electron chi connectivity index (χ1n) is 5.98. The maximum atomic E-state index is 12.1. The molecule has 0 aliphatic carbocycles. The lowest BCUT2D eigenvalue weighted by atomic mass is 10.0. The molecule has 1 aromatic carbocycles. The predicted octanol–water partition coefficient (Wildman–Crippen LogP) is 3.63. The molecule has 0 atom stereocenters. The third-order valence-electron chi connectivity index (χ3n) is 2.91. The van der Waals surface area contributed by atoms with Crippen molar-refractivity contribution in [2.45, 2.75) is 12.8 Å². The summed E-state index contributed by atoms with van der Waals surface area (Å²) in [6.07, 6.45) is 1.40. The second kappa shape index (κ2) is 5.83. The van der Waals surface area contributed by atoms with Crippen molar-refractivity contribution in [1.82, 2.24) is 0 Å². The van der Waals surface area contributed by atoms with Gasteiger partial charge in [-0.25, -0.2) is 0 Å². The van der Waals surface area contributed by atoms with Crippen molar-refractivity contribution >= 4 is 22.8 Å². The third-order valence-corrected chi connectivity index (χ3v) is 3.64. The van der Waals surface area contributed by atoms with Gasteiger partial charge in [-0.05, 0) is 40.9 Å². The molecular weight excluding hydrogens is 242 g/mol. The molecule has 0 spiro atoms. The molecule has 0 unspecified atom stereocenters. The monoisotopic (exact) mass is 259 g/mol. The summed E-state index contributed by atoms with van der Waals surface area (Å²) in [4.78, 5) is 14.1. The SMILES string of the molecule is CN(C)c1cccc(C(=O)CCc2ccsc2)c1. The molecule has 3 heteroatoms. The van der Waals surface area contributed by atoms with Crippen LogP contribution in [-0.2, 0) is 6.42 Å². The van der Waals surface area contributed by atoms with Crippen LogP contribution in [0.3, 0.4) is 0 Å². The van der Waals surface area contributed by atoms with E-state index in [0.29, 0.717) is 6.42 Å². The highest BCUT2D eigenvalue weighted by Crippen LogP contribution is 2.16. The number of hydrogen-bond acceptors (Lipinski definition) is 3. The topological polar surface area (TPSA) is 20.3 Å². The molecule has 0 fully saturated rings. The van der Waals surface area contributed by atoms with Crippen LogP contribution in [-0.4, -0.2) is 19.9 Å². The van der Waals surface area contributed by atoms with Crippen LogP contribution in [0.5, 0.6) is 0 Å². The number of hydrogen-bond donors (Lipinski definition) is 0. The van der Waals surface area contributed by atoms with E-state index < -0.39 is 0 Å². The van der Waals surface area contributed by atoms with E-state index >= 15 is 0 Å². The van der Waals surface area contributed by atoms with Gasteiger partial charge in [0.05, 0.1) is 0 Å². The van der Waals surface area contributed by atoms with Crippen molar-refractivity contribution < 1.29 is 4.79 Å². The Morgan fingerprint density at radius 1 is 1.28 bits per heavy atom. The fourth-order valence-corrected chi connectivity index (χ4v) is 2.50. The van der Waals surface area contributed by atoms with Gasteiger partial charge in [0, 0.05) is 31.8 Å². The molecule has 0 amide bonds. The fourth-order valence-electron chi connectivity index (χ4n) is 1.79. The van der Waals surface area contributed by atoms with Gasteiger partial charge in [0.15, 0.2) is 5.78 Å². The largest absolute Gasteiger partial charge is 0.378 e. The number of nitrogens with zero attached hydrogens (tertiary/aromatic N) is 1. The molecule has 1 aromatic heterocycles. The highest BCUT2D eigenvalue weighted by Gasteiger charge is 2.07. The van der Waals surface area contributed by atoms with Crippen molar-refractivity contribution in [2.75, 3.05) is 19.0 Å². The maximum Gasteiger partial charge on any atom is 0.163 e. The molecule has 18 heavy (non-hydrogen) atoms. The molecule has 0 aliphatic rings. The summed E-state index contributed by atoms with van der Waals surface area (Å²) in [6.45, 7) is 0. The van der Waals surface area contributed by atoms with Gasteiger partial charge in [-0.3, -0.25) is 4.79 Å². The Morgan fingerprint density at radius 2 is 2.11 bits per heavy atom. The maximum absolute atomic E-state index is 12.1. The minimum Gasteiger partial charge on any atom is -0.378 e. The molecular formula is C15H17NOS. The van der Waals surface area contributed by atoms with Gasteiger partial charge in [0.1, 0.15) is 0 Å². The van der Waals surface area contributed by atoms with Crippen LogP contribution in [0.2, 0.25) is 0 Å². The van der Waals surface area contributed by atoms with Gasteiger partial charge in [-0.15, -0.1) is 0 Å². The van der Waals surface area contributed by atoms with Gasteiger partial charge in [0.2, 0.25) is 0 Å². The van der Waals surface area contributed by atoms with Crippen LogP contribution in [0.4, 0.5) is 5.69 Å². The summed E-state index contributed by atoms with van der Waals surface area (Å²) in [5.41, 5.74) is 3.12. The lowest BCUT2D eigenvalue weighted by Gasteiger charge is -2.13. The molecule has 0 radical (unpaired) electrons. The summed E-state index contributed by atoms with van der Waals surface area (Å²) in [5.74, 6) is 0.213. The molecule has 0 saturated heterocycles. The number of anilines is 1. The minimum atomic E-state index is 0.213. The second-order valence-electron chi connectivity index (χ2n) is 4.50. The third kappa shape index (κ3) is 3.20. The van der Waals surface area contributed by atoms with E-state index in [0.717, 1.165) is 17.7 Å². The molecule has 2 aromatic rings. The molecule has 0 saturated carbocycles. The Hall–Kier alpha value is -1.61. The first kappa shape index (κ1) is 12.8. The zero-order chi connectivity index (χ0) is 13.0. The summed E-state index contributed by atoms with van der Waals surface area (Å²) >= 11 is 1.68. The van der Waals surface area contributed by atoms with E-state index in [1.807, 2.05) is 48.6 Å². The molecule has 2 nitrogen and oxygen atoms in total. The van der Waals surface area contributed by atoms with E-state index in [1.54, 1.807) is 11.3 Å². The van der Waals surface area contributed by atoms with Crippen LogP contribution >= 0.6 is 11.3 Å². The van der Waals surface area contributed by atoms with Crippen molar-refractivity contribution in [3.63, 3.8) is 0 Å². The smallest absolute Gasteiger partial charge is 0.163 e. The van der Waals surface area contributed by atoms with Crippen LogP contribution in [0.25, 0.3) is 0 Å². The standard InChI is InChI=1S/C15H17NOS/c1-16(2)14-5-3-4-13(10-14)15(17)7-6-12-8-9-18-11-12/h3-5,8-11H,6-7H2,1-2H3. The average Bonchev–Trinajstić information content (AvgIpc) is 2.89. The van der Waals surface area contributed by atoms with Crippen molar-refractivity contribution in [1.29, 1.82) is 0 Å². The molecule has 94 valence electrons. The number of carbonyl (C=O) groups is 1. The zero-order valence-corrected chi connectivity index (χ0v) is 11.5. The lowest BCUT2D eigenvalue weighted by molar-refractivity contribution is 0.0983. The Bertz CT molecular complexity index is 517. The number of thiophene rings is 1. The van der Waals surface area contributed by atoms with Crippen LogP contribution in [0.15, 0.2) is 41.1 Å². The second-order valence-corrected chi connectivity index (χ2v) is 5.28. The molecule has 0 aliphatic heterocycles. The Morgan fingerprint density at radius 3 is 2.78 bits per heavy atom. The molecule has 2 rings (SSSR count). The summed E-state index contributed by atoms with van der Waals surface area (Å²) in [7, 11) is 3.96. The first-order valence-corrected chi connectivity index (χ1v) is 6.93. The van der Waals surface area contributed by atoms with Crippen LogP contribution in [0, 0.1) is 0 Å². The average molecular weight is 259 g/mol. The minimum absolute atomic E-state index is 0.213. The Kier molecular flexibility index (Phi) is 4.15. The number of aryl methyl sites for hydroxylation is 1. The number of carbonyl (C=O) groups excluding carboxylic acids is 1. The highest BCUT2D eigenvalue weighted by atomic mass is 32.1. The van der Waals surface area contributed by atoms with E-state index in [4.69, 9.17) is 0 Å². The molecule has 0 bridgehead atoms. The van der Waals surface area contributed by atoms with E-state index in [1.165, 1.54) is 5.56 Å². The van der Waals surface area contributed by atoms with Crippen molar-refractivity contribution in [3.8, 4) is 0 Å². The van der Waals surface area contributed by atoms with Gasteiger partial charge >= 0.3 is 0 Å². The lowest BCUT2D eigenvalue weighted by Crippen LogP contribution is -2.10. The quantitative estimate of drug-likeness (QED) is 0.764. The summed E-state index contributed by atoms with van der Waals surface area (Å²) in [5, 5.41) is 4.15. The predicted molar refractivity (Wildman–Crippen MR) is 77.7 cm³/mol. The molecule has 0 N–H and O–H groups in total. The van der Waals surface area contributed by atoms with Gasteiger partial charge in [0.25, 0.3) is 0 Å². The van der Waals surface area contributed by atoms with Crippen molar-refractivity contribution in [2.24, 2.45) is 0 Å².